The van der Waals surface area contributed by atoms with Gasteiger partial charge < -0.3 is 14.2 Å². The average Bonchev–Trinajstić information content (AvgIpc) is 3.36. The molecule has 0 saturated carbocycles. The van der Waals surface area contributed by atoms with Gasteiger partial charge in [0, 0.05) is 19.3 Å². The fourth-order valence-electron chi connectivity index (χ4n) is 7.69. The summed E-state index contributed by atoms with van der Waals surface area (Å²) in [7, 11) is 0. The maximum atomic E-state index is 12.8. The van der Waals surface area contributed by atoms with E-state index in [1.165, 1.54) is 77.0 Å². The molecule has 0 aromatic rings. The van der Waals surface area contributed by atoms with E-state index in [1.54, 1.807) is 0 Å². The lowest BCUT2D eigenvalue weighted by atomic mass is 10.1. The average molecular weight is 972 g/mol. The van der Waals surface area contributed by atoms with Crippen LogP contribution in [-0.2, 0) is 28.6 Å². The van der Waals surface area contributed by atoms with Crippen LogP contribution in [0.5, 0.6) is 0 Å². The predicted molar refractivity (Wildman–Crippen MR) is 302 cm³/mol. The van der Waals surface area contributed by atoms with Gasteiger partial charge in [0.05, 0.1) is 0 Å². The van der Waals surface area contributed by atoms with Crippen LogP contribution >= 0.6 is 0 Å². The molecule has 0 N–H and O–H groups in total. The fourth-order valence-corrected chi connectivity index (χ4v) is 7.69. The van der Waals surface area contributed by atoms with Gasteiger partial charge in [0.25, 0.3) is 0 Å². The Balaban J connectivity index is 4.10. The minimum Gasteiger partial charge on any atom is -0.462 e. The molecule has 0 heterocycles. The summed E-state index contributed by atoms with van der Waals surface area (Å²) in [4.78, 5) is 37.8. The lowest BCUT2D eigenvalue weighted by Crippen LogP contribution is -2.30. The third-order valence-electron chi connectivity index (χ3n) is 12.0. The summed E-state index contributed by atoms with van der Waals surface area (Å²) in [6.07, 6.45) is 78.4. The SMILES string of the molecule is CC/C=C\C/C=C\C/C=C\C/C=C\C/C=C\C/C=C\C/C=C\CCCCCCCCCCCC(=O)OCC(COC(=O)CCCCCCC)OC(=O)CCCCCCC/C=C\C/C=C\CCCCCC. The molecule has 398 valence electrons. The van der Waals surface area contributed by atoms with Crippen LogP contribution in [0.3, 0.4) is 0 Å². The van der Waals surface area contributed by atoms with Crippen molar-refractivity contribution < 1.29 is 28.6 Å². The zero-order chi connectivity index (χ0) is 50.7. The zero-order valence-corrected chi connectivity index (χ0v) is 45.5. The van der Waals surface area contributed by atoms with E-state index < -0.39 is 6.10 Å². The molecule has 6 nitrogen and oxygen atoms in total. The van der Waals surface area contributed by atoms with E-state index in [0.717, 1.165) is 141 Å². The zero-order valence-electron chi connectivity index (χ0n) is 45.5. The highest BCUT2D eigenvalue weighted by Gasteiger charge is 2.19. The van der Waals surface area contributed by atoms with Crippen LogP contribution in [0.4, 0.5) is 0 Å². The minimum absolute atomic E-state index is 0.0865. The lowest BCUT2D eigenvalue weighted by Gasteiger charge is -2.18. The predicted octanol–water partition coefficient (Wildman–Crippen LogP) is 19.5. The van der Waals surface area contributed by atoms with Crippen LogP contribution in [0.1, 0.15) is 258 Å². The van der Waals surface area contributed by atoms with Gasteiger partial charge in [-0.1, -0.05) is 239 Å². The summed E-state index contributed by atoms with van der Waals surface area (Å²) in [5, 5.41) is 0. The van der Waals surface area contributed by atoms with Crippen molar-refractivity contribution in [3.63, 3.8) is 0 Å². The van der Waals surface area contributed by atoms with E-state index in [9.17, 15) is 14.4 Å². The molecule has 0 aromatic carbocycles. The molecule has 70 heavy (non-hydrogen) atoms. The quantitative estimate of drug-likeness (QED) is 0.0262. The van der Waals surface area contributed by atoms with Crippen molar-refractivity contribution >= 4 is 17.9 Å². The van der Waals surface area contributed by atoms with Crippen LogP contribution in [0, 0.1) is 0 Å². The Kier molecular flexibility index (Phi) is 54.4. The molecule has 0 saturated heterocycles. The Labute approximate surface area is 431 Å². The Morgan fingerprint density at radius 2 is 0.557 bits per heavy atom. The van der Waals surface area contributed by atoms with E-state index >= 15 is 0 Å². The van der Waals surface area contributed by atoms with Crippen molar-refractivity contribution in [2.45, 2.75) is 264 Å². The Hall–Kier alpha value is -3.93. The largest absolute Gasteiger partial charge is 0.462 e. The molecule has 0 aliphatic carbocycles. The topological polar surface area (TPSA) is 78.9 Å². The van der Waals surface area contributed by atoms with E-state index in [-0.39, 0.29) is 31.1 Å². The highest BCUT2D eigenvalue weighted by atomic mass is 16.6. The van der Waals surface area contributed by atoms with Crippen LogP contribution < -0.4 is 0 Å². The molecule has 0 spiro atoms. The molecule has 0 radical (unpaired) electrons. The second kappa shape index (κ2) is 57.6. The first-order chi connectivity index (χ1) is 34.5. The summed E-state index contributed by atoms with van der Waals surface area (Å²) in [5.41, 5.74) is 0. The van der Waals surface area contributed by atoms with E-state index in [1.807, 2.05) is 0 Å². The van der Waals surface area contributed by atoms with Gasteiger partial charge in [-0.2, -0.15) is 0 Å². The minimum atomic E-state index is -0.785. The van der Waals surface area contributed by atoms with Gasteiger partial charge in [-0.15, -0.1) is 0 Å². The van der Waals surface area contributed by atoms with Crippen LogP contribution in [0.15, 0.2) is 109 Å². The third-order valence-corrected chi connectivity index (χ3v) is 12.0. The van der Waals surface area contributed by atoms with Gasteiger partial charge in [0.15, 0.2) is 6.10 Å². The van der Waals surface area contributed by atoms with Gasteiger partial charge in [0.1, 0.15) is 13.2 Å². The summed E-state index contributed by atoms with van der Waals surface area (Å²) >= 11 is 0. The summed E-state index contributed by atoms with van der Waals surface area (Å²) in [6, 6.07) is 0. The van der Waals surface area contributed by atoms with E-state index in [2.05, 4.69) is 130 Å². The molecule has 0 aliphatic rings. The number of carbonyl (C=O) groups excluding carboxylic acids is 3. The monoisotopic (exact) mass is 971 g/mol. The van der Waals surface area contributed by atoms with Crippen molar-refractivity contribution in [1.82, 2.24) is 0 Å². The number of hydrogen-bond acceptors (Lipinski definition) is 6. The molecule has 1 unspecified atom stereocenters. The van der Waals surface area contributed by atoms with Crippen molar-refractivity contribution in [2.24, 2.45) is 0 Å². The summed E-state index contributed by atoms with van der Waals surface area (Å²) in [5.74, 6) is -0.921. The number of rotatable bonds is 51. The lowest BCUT2D eigenvalue weighted by molar-refractivity contribution is -0.167. The van der Waals surface area contributed by atoms with Crippen LogP contribution in [0.25, 0.3) is 0 Å². The molecular weight excluding hydrogens is 865 g/mol. The van der Waals surface area contributed by atoms with Crippen molar-refractivity contribution in [3.8, 4) is 0 Å². The van der Waals surface area contributed by atoms with Crippen molar-refractivity contribution in [2.75, 3.05) is 13.2 Å². The Bertz CT molecular complexity index is 1440. The van der Waals surface area contributed by atoms with Gasteiger partial charge in [-0.3, -0.25) is 14.4 Å². The molecule has 0 fully saturated rings. The molecule has 0 amide bonds. The van der Waals surface area contributed by atoms with Crippen LogP contribution in [-0.4, -0.2) is 37.2 Å². The molecule has 0 bridgehead atoms. The maximum absolute atomic E-state index is 12.8. The Morgan fingerprint density at radius 1 is 0.300 bits per heavy atom. The normalized spacial score (nSPS) is 12.9. The molecule has 1 atom stereocenters. The second-order valence-corrected chi connectivity index (χ2v) is 18.8. The van der Waals surface area contributed by atoms with Crippen molar-refractivity contribution in [3.05, 3.63) is 109 Å². The third kappa shape index (κ3) is 55.0. The van der Waals surface area contributed by atoms with Gasteiger partial charge in [-0.25, -0.2) is 0 Å². The molecule has 0 aliphatic heterocycles. The smallest absolute Gasteiger partial charge is 0.306 e. The summed E-state index contributed by atoms with van der Waals surface area (Å²) in [6.45, 7) is 6.40. The molecule has 6 heteroatoms. The number of hydrogen-bond donors (Lipinski definition) is 0. The van der Waals surface area contributed by atoms with Crippen molar-refractivity contribution in [1.29, 1.82) is 0 Å². The number of unbranched alkanes of at least 4 members (excludes halogenated alkanes) is 22. The molecular formula is C64H106O6. The molecule has 0 rings (SSSR count). The number of esters is 3. The van der Waals surface area contributed by atoms with E-state index in [0.29, 0.717) is 19.3 Å². The Morgan fingerprint density at radius 3 is 0.886 bits per heavy atom. The number of allylic oxidation sites excluding steroid dienone is 18. The number of ether oxygens (including phenoxy) is 3. The highest BCUT2D eigenvalue weighted by molar-refractivity contribution is 5.71. The fraction of sp³-hybridized carbons (Fsp3) is 0.672. The second-order valence-electron chi connectivity index (χ2n) is 18.8. The standard InChI is InChI=1S/C64H106O6/c1-4-7-10-13-15-17-19-21-23-25-26-27-28-29-30-31-32-33-34-35-36-37-38-39-41-42-44-46-48-51-54-57-63(66)69-60-61(59-68-62(65)56-53-50-12-9-6-3)70-64(67)58-55-52-49-47-45-43-40-24-22-20-18-16-14-11-8-5-2/h7,10,15,17-18,20-21,23-24,26-27,29-30,32-33,35-36,40,61H,4-6,8-9,11-14,16,19,22,25,28,31,34,37-39,41-60H2,1-3H3/b10-7-,17-15-,20-18-,23-21-,27-26-,30-29-,33-32-,36-35-,40-24-. The highest BCUT2D eigenvalue weighted by Crippen LogP contribution is 2.14. The number of carbonyl (C=O) groups is 3. The summed E-state index contributed by atoms with van der Waals surface area (Å²) < 4.78 is 16.7. The van der Waals surface area contributed by atoms with Crippen LogP contribution in [0.2, 0.25) is 0 Å². The van der Waals surface area contributed by atoms with Gasteiger partial charge in [0.2, 0.25) is 0 Å². The first kappa shape index (κ1) is 66.1. The first-order valence-electron chi connectivity index (χ1n) is 28.9. The van der Waals surface area contributed by atoms with Gasteiger partial charge in [-0.05, 0) is 109 Å². The first-order valence-corrected chi connectivity index (χ1v) is 28.9. The maximum Gasteiger partial charge on any atom is 0.306 e. The van der Waals surface area contributed by atoms with Gasteiger partial charge >= 0.3 is 17.9 Å². The molecule has 0 aromatic heterocycles. The van der Waals surface area contributed by atoms with E-state index in [4.69, 9.17) is 14.2 Å².